The van der Waals surface area contributed by atoms with Crippen molar-refractivity contribution < 1.29 is 23.8 Å². The number of ether oxygens (including phenoxy) is 3. The smallest absolute Gasteiger partial charge is 0.266 e. The van der Waals surface area contributed by atoms with E-state index in [2.05, 4.69) is 11.9 Å². The van der Waals surface area contributed by atoms with E-state index < -0.39 is 0 Å². The molecule has 7 nitrogen and oxygen atoms in total. The third-order valence-electron chi connectivity index (χ3n) is 4.40. The zero-order valence-corrected chi connectivity index (χ0v) is 19.3. The van der Waals surface area contributed by atoms with Gasteiger partial charge in [0.1, 0.15) is 10.1 Å². The predicted octanol–water partition coefficient (Wildman–Crippen LogP) is 4.11. The molecule has 2 aromatic rings. The number of amides is 2. The molecular weight excluding hydrogens is 448 g/mol. The second-order valence-corrected chi connectivity index (χ2v) is 8.23. The number of thioether (sulfide) groups is 1. The van der Waals surface area contributed by atoms with Gasteiger partial charge in [-0.15, -0.1) is 6.58 Å². The Bertz CT molecular complexity index is 1070. The topological polar surface area (TPSA) is 77.1 Å². The van der Waals surface area contributed by atoms with E-state index in [1.54, 1.807) is 61.7 Å². The number of methoxy groups -OCH3 is 2. The molecule has 1 N–H and O–H groups in total. The lowest BCUT2D eigenvalue weighted by Crippen LogP contribution is -2.27. The largest absolute Gasteiger partial charge is 0.497 e. The van der Waals surface area contributed by atoms with Gasteiger partial charge in [0.2, 0.25) is 0 Å². The number of nitrogens with zero attached hydrogens (tertiary/aromatic N) is 1. The van der Waals surface area contributed by atoms with Crippen LogP contribution in [0.4, 0.5) is 5.69 Å². The van der Waals surface area contributed by atoms with Gasteiger partial charge in [-0.3, -0.25) is 14.5 Å². The van der Waals surface area contributed by atoms with E-state index in [9.17, 15) is 9.59 Å². The SMILES string of the molecule is C=CCN1C(=O)/C(=C/c2ccc(OCC(=O)Nc3ccc(OC)cc3)c(OC)c2)SC1=S. The maximum absolute atomic E-state index is 12.5. The molecule has 1 heterocycles. The lowest BCUT2D eigenvalue weighted by molar-refractivity contribution is -0.121. The van der Waals surface area contributed by atoms with Crippen molar-refractivity contribution in [2.24, 2.45) is 0 Å². The molecule has 1 fully saturated rings. The molecule has 9 heteroatoms. The van der Waals surface area contributed by atoms with Crippen molar-refractivity contribution in [3.05, 3.63) is 65.6 Å². The maximum atomic E-state index is 12.5. The number of carbonyl (C=O) groups excluding carboxylic acids is 2. The summed E-state index contributed by atoms with van der Waals surface area (Å²) in [4.78, 5) is 26.7. The normalized spacial score (nSPS) is 14.4. The maximum Gasteiger partial charge on any atom is 0.266 e. The molecule has 0 saturated carbocycles. The Kier molecular flexibility index (Phi) is 7.91. The molecule has 0 aromatic heterocycles. The van der Waals surface area contributed by atoms with Crippen molar-refractivity contribution in [1.82, 2.24) is 4.90 Å². The van der Waals surface area contributed by atoms with E-state index in [1.807, 2.05) is 0 Å². The van der Waals surface area contributed by atoms with Crippen molar-refractivity contribution in [2.45, 2.75) is 0 Å². The number of anilines is 1. The third-order valence-corrected chi connectivity index (χ3v) is 5.78. The number of hydrogen-bond acceptors (Lipinski definition) is 7. The van der Waals surface area contributed by atoms with Gasteiger partial charge in [0.15, 0.2) is 18.1 Å². The zero-order valence-electron chi connectivity index (χ0n) is 17.6. The molecule has 0 bridgehead atoms. The van der Waals surface area contributed by atoms with E-state index in [0.29, 0.717) is 38.7 Å². The van der Waals surface area contributed by atoms with Crippen molar-refractivity contribution in [3.63, 3.8) is 0 Å². The fourth-order valence-corrected chi connectivity index (χ4v) is 4.12. The van der Waals surface area contributed by atoms with Crippen molar-refractivity contribution in [3.8, 4) is 17.2 Å². The third kappa shape index (κ3) is 5.68. The molecule has 0 radical (unpaired) electrons. The van der Waals surface area contributed by atoms with Crippen molar-refractivity contribution in [2.75, 3.05) is 32.7 Å². The van der Waals surface area contributed by atoms with Crippen molar-refractivity contribution in [1.29, 1.82) is 0 Å². The van der Waals surface area contributed by atoms with E-state index in [4.69, 9.17) is 26.4 Å². The first-order chi connectivity index (χ1) is 15.4. The summed E-state index contributed by atoms with van der Waals surface area (Å²) in [6.07, 6.45) is 3.37. The van der Waals surface area contributed by atoms with E-state index >= 15 is 0 Å². The number of carbonyl (C=O) groups is 2. The molecule has 0 aliphatic carbocycles. The van der Waals surface area contributed by atoms with Gasteiger partial charge in [-0.05, 0) is 48.0 Å². The Morgan fingerprint density at radius 1 is 1.16 bits per heavy atom. The fraction of sp³-hybridized carbons (Fsp3) is 0.174. The average Bonchev–Trinajstić information content (AvgIpc) is 3.06. The van der Waals surface area contributed by atoms with Gasteiger partial charge in [0.05, 0.1) is 19.1 Å². The van der Waals surface area contributed by atoms with Crippen LogP contribution in [0.1, 0.15) is 5.56 Å². The lowest BCUT2D eigenvalue weighted by Gasteiger charge is -2.12. The van der Waals surface area contributed by atoms with Crippen LogP contribution in [0.3, 0.4) is 0 Å². The molecule has 1 aliphatic heterocycles. The van der Waals surface area contributed by atoms with Gasteiger partial charge in [-0.2, -0.15) is 0 Å². The van der Waals surface area contributed by atoms with Crippen LogP contribution in [-0.2, 0) is 9.59 Å². The minimum atomic E-state index is -0.313. The summed E-state index contributed by atoms with van der Waals surface area (Å²) >= 11 is 6.49. The Morgan fingerprint density at radius 3 is 2.56 bits per heavy atom. The van der Waals surface area contributed by atoms with Crippen LogP contribution in [0.15, 0.2) is 60.0 Å². The summed E-state index contributed by atoms with van der Waals surface area (Å²) < 4.78 is 16.6. The summed E-state index contributed by atoms with van der Waals surface area (Å²) in [6, 6.07) is 12.2. The molecule has 1 saturated heterocycles. The minimum absolute atomic E-state index is 0.158. The van der Waals surface area contributed by atoms with Crippen LogP contribution in [0.25, 0.3) is 6.08 Å². The van der Waals surface area contributed by atoms with Crippen LogP contribution in [0, 0.1) is 0 Å². The number of rotatable bonds is 9. The summed E-state index contributed by atoms with van der Waals surface area (Å²) in [5.41, 5.74) is 1.38. The molecular formula is C23H22N2O5S2. The highest BCUT2D eigenvalue weighted by Gasteiger charge is 2.31. The number of hydrogen-bond donors (Lipinski definition) is 1. The summed E-state index contributed by atoms with van der Waals surface area (Å²) in [5.74, 6) is 1.08. The van der Waals surface area contributed by atoms with E-state index in [-0.39, 0.29) is 18.4 Å². The van der Waals surface area contributed by atoms with Crippen molar-refractivity contribution >= 4 is 51.9 Å². The summed E-state index contributed by atoms with van der Waals surface area (Å²) in [6.45, 7) is 3.83. The highest BCUT2D eigenvalue weighted by Crippen LogP contribution is 2.34. The molecule has 0 unspecified atom stereocenters. The highest BCUT2D eigenvalue weighted by molar-refractivity contribution is 8.26. The first-order valence-corrected chi connectivity index (χ1v) is 10.8. The second-order valence-electron chi connectivity index (χ2n) is 6.56. The van der Waals surface area contributed by atoms with Crippen LogP contribution in [-0.4, -0.2) is 48.4 Å². The Balaban J connectivity index is 1.65. The monoisotopic (exact) mass is 470 g/mol. The summed E-state index contributed by atoms with van der Waals surface area (Å²) in [7, 11) is 3.08. The first kappa shape index (κ1) is 23.4. The highest BCUT2D eigenvalue weighted by atomic mass is 32.2. The molecule has 3 rings (SSSR count). The lowest BCUT2D eigenvalue weighted by atomic mass is 10.2. The standard InChI is InChI=1S/C23H22N2O5S2/c1-4-11-25-22(27)20(32-23(25)31)13-15-5-10-18(19(12-15)29-3)30-14-21(26)24-16-6-8-17(28-2)9-7-16/h4-10,12-13H,1,11,14H2,2-3H3,(H,24,26)/b20-13-. The Morgan fingerprint density at radius 2 is 1.91 bits per heavy atom. The van der Waals surface area contributed by atoms with Gasteiger partial charge < -0.3 is 19.5 Å². The molecule has 0 atom stereocenters. The molecule has 166 valence electrons. The Labute approximate surface area is 196 Å². The van der Waals surface area contributed by atoms with Crippen LogP contribution in [0.5, 0.6) is 17.2 Å². The molecule has 0 spiro atoms. The molecule has 2 amide bonds. The molecule has 1 aliphatic rings. The van der Waals surface area contributed by atoms with Crippen LogP contribution < -0.4 is 19.5 Å². The van der Waals surface area contributed by atoms with Gasteiger partial charge >= 0.3 is 0 Å². The molecule has 2 aromatic carbocycles. The van der Waals surface area contributed by atoms with Crippen LogP contribution >= 0.6 is 24.0 Å². The quantitative estimate of drug-likeness (QED) is 0.336. The van der Waals surface area contributed by atoms with Gasteiger partial charge in [-0.1, -0.05) is 36.1 Å². The van der Waals surface area contributed by atoms with E-state index in [0.717, 1.165) is 5.56 Å². The minimum Gasteiger partial charge on any atom is -0.497 e. The number of benzene rings is 2. The number of nitrogens with one attached hydrogen (secondary N) is 1. The summed E-state index contributed by atoms with van der Waals surface area (Å²) in [5, 5.41) is 2.75. The van der Waals surface area contributed by atoms with E-state index in [1.165, 1.54) is 23.8 Å². The van der Waals surface area contributed by atoms with Gasteiger partial charge in [0, 0.05) is 12.2 Å². The van der Waals surface area contributed by atoms with Gasteiger partial charge in [0.25, 0.3) is 11.8 Å². The predicted molar refractivity (Wildman–Crippen MR) is 130 cm³/mol. The number of thiocarbonyl (C=S) groups is 1. The first-order valence-electron chi connectivity index (χ1n) is 9.56. The molecule has 32 heavy (non-hydrogen) atoms. The fourth-order valence-electron chi connectivity index (χ4n) is 2.85. The van der Waals surface area contributed by atoms with Crippen LogP contribution in [0.2, 0.25) is 0 Å². The average molecular weight is 471 g/mol. The zero-order chi connectivity index (χ0) is 23.1. The van der Waals surface area contributed by atoms with Gasteiger partial charge in [-0.25, -0.2) is 0 Å². The second kappa shape index (κ2) is 10.8. The Hall–Kier alpha value is -3.30.